The zero-order valence-corrected chi connectivity index (χ0v) is 20.0. The molecule has 2 atom stereocenters. The molecule has 1 N–H and O–H groups in total. The van der Waals surface area contributed by atoms with Gasteiger partial charge in [-0.25, -0.2) is 4.79 Å². The van der Waals surface area contributed by atoms with E-state index in [0.717, 1.165) is 61.2 Å². The lowest BCUT2D eigenvalue weighted by Gasteiger charge is -2.38. The first-order valence-electron chi connectivity index (χ1n) is 10.7. The van der Waals surface area contributed by atoms with Crippen LogP contribution in [0.25, 0.3) is 0 Å². The molecule has 10 nitrogen and oxygen atoms in total. The summed E-state index contributed by atoms with van der Waals surface area (Å²) in [4.78, 5) is 14.3. The molecule has 1 aromatic carbocycles. The first kappa shape index (κ1) is 24.2. The minimum absolute atomic E-state index is 0.101. The van der Waals surface area contributed by atoms with E-state index >= 15 is 0 Å². The average molecular weight is 480 g/mol. The van der Waals surface area contributed by atoms with E-state index in [1.54, 1.807) is 6.07 Å². The zero-order chi connectivity index (χ0) is 23.1. The summed E-state index contributed by atoms with van der Waals surface area (Å²) in [5, 5.41) is 16.2. The Morgan fingerprint density at radius 2 is 2.16 bits per heavy atom. The van der Waals surface area contributed by atoms with Crippen molar-refractivity contribution in [2.24, 2.45) is 10.2 Å². The predicted molar refractivity (Wildman–Crippen MR) is 124 cm³/mol. The van der Waals surface area contributed by atoms with Gasteiger partial charge in [-0.3, -0.25) is 4.21 Å². The molecule has 2 aromatic rings. The summed E-state index contributed by atoms with van der Waals surface area (Å²) in [6.07, 6.45) is 4.61. The molecule has 0 amide bonds. The number of ether oxygens (including phenoxy) is 1. The van der Waals surface area contributed by atoms with Crippen LogP contribution in [0.15, 0.2) is 22.4 Å². The van der Waals surface area contributed by atoms with Gasteiger partial charge < -0.3 is 18.9 Å². The Balaban J connectivity index is 1.85. The lowest BCUT2D eigenvalue weighted by molar-refractivity contribution is 0.0498. The maximum absolute atomic E-state index is 12.0. The van der Waals surface area contributed by atoms with Crippen molar-refractivity contribution >= 4 is 50.8 Å². The molecule has 1 aliphatic rings. The van der Waals surface area contributed by atoms with Crippen molar-refractivity contribution in [1.82, 2.24) is 10.2 Å². The van der Waals surface area contributed by atoms with Crippen molar-refractivity contribution in [2.45, 2.75) is 58.9 Å². The number of nitrogens with zero attached hydrogens (tertiary/aromatic N) is 5. The predicted octanol–water partition coefficient (Wildman–Crippen LogP) is 4.67. The third-order valence-corrected chi connectivity index (χ3v) is 6.44. The highest BCUT2D eigenvalue weighted by molar-refractivity contribution is 7.80. The van der Waals surface area contributed by atoms with Gasteiger partial charge >= 0.3 is 5.97 Å². The second-order valence-electron chi connectivity index (χ2n) is 7.30. The molecule has 2 unspecified atom stereocenters. The Kier molecular flexibility index (Phi) is 8.65. The molecule has 0 aliphatic carbocycles. The summed E-state index contributed by atoms with van der Waals surface area (Å²) in [7, 11) is 0. The Morgan fingerprint density at radius 3 is 2.84 bits per heavy atom. The van der Waals surface area contributed by atoms with E-state index in [-0.39, 0.29) is 10.1 Å². The zero-order valence-electron chi connectivity index (χ0n) is 18.4. The molecule has 32 heavy (non-hydrogen) atoms. The number of hydrogen-bond donors (Lipinski definition) is 1. The van der Waals surface area contributed by atoms with Crippen LogP contribution in [0, 0.1) is 0 Å². The highest BCUT2D eigenvalue weighted by Gasteiger charge is 2.25. The molecule has 174 valence electrons. The van der Waals surface area contributed by atoms with Gasteiger partial charge in [0.1, 0.15) is 5.69 Å². The lowest BCUT2D eigenvalue weighted by atomic mass is 9.93. The number of azo groups is 1. The molecule has 0 saturated heterocycles. The Bertz CT molecular complexity index is 996. The van der Waals surface area contributed by atoms with Gasteiger partial charge in [-0.2, -0.15) is 0 Å². The molecule has 12 heteroatoms. The van der Waals surface area contributed by atoms with Crippen molar-refractivity contribution < 1.29 is 18.3 Å². The summed E-state index contributed by atoms with van der Waals surface area (Å²) in [5.41, 5.74) is 2.80. The summed E-state index contributed by atoms with van der Waals surface area (Å²) in [6, 6.07) is 4.08. The van der Waals surface area contributed by atoms with Crippen LogP contribution in [-0.2, 0) is 22.4 Å². The van der Waals surface area contributed by atoms with Crippen LogP contribution in [0.1, 0.15) is 61.8 Å². The summed E-state index contributed by atoms with van der Waals surface area (Å²) >= 11 is -1.55. The maximum Gasteiger partial charge on any atom is 0.369 e. The van der Waals surface area contributed by atoms with E-state index in [0.29, 0.717) is 24.0 Å². The number of unbranched alkanes of at least 4 members (excludes halogenated alkanes) is 1. The minimum Gasteiger partial charge on any atom is -0.755 e. The number of esters is 1. The van der Waals surface area contributed by atoms with Crippen LogP contribution in [0.5, 0.6) is 0 Å². The van der Waals surface area contributed by atoms with E-state index in [4.69, 9.17) is 4.74 Å². The van der Waals surface area contributed by atoms with E-state index in [1.165, 1.54) is 0 Å². The van der Waals surface area contributed by atoms with Crippen molar-refractivity contribution in [1.29, 1.82) is 0 Å². The summed E-state index contributed by atoms with van der Waals surface area (Å²) in [5.74, 6) is -0.541. The van der Waals surface area contributed by atoms with Crippen LogP contribution < -0.4 is 9.62 Å². The fourth-order valence-electron chi connectivity index (χ4n) is 3.68. The van der Waals surface area contributed by atoms with Crippen LogP contribution in [0.3, 0.4) is 0 Å². The van der Waals surface area contributed by atoms with Crippen molar-refractivity contribution in [2.75, 3.05) is 22.8 Å². The first-order valence-corrected chi connectivity index (χ1v) is 12.6. The number of carbonyl (C=O) groups is 1. The van der Waals surface area contributed by atoms with Crippen LogP contribution >= 0.6 is 11.3 Å². The third-order valence-electron chi connectivity index (χ3n) is 5.26. The summed E-state index contributed by atoms with van der Waals surface area (Å²) in [6.45, 7) is 7.41. The molecular formula is C20H27N6O4S2-. The Morgan fingerprint density at radius 1 is 1.34 bits per heavy atom. The molecule has 3 rings (SSSR count). The first-order chi connectivity index (χ1) is 15.5. The molecular weight excluding hydrogens is 452 g/mol. The van der Waals surface area contributed by atoms with Gasteiger partial charge in [0.2, 0.25) is 5.01 Å². The molecule has 0 fully saturated rings. The number of aryl methyl sites for hydroxylation is 1. The number of fused-ring (bicyclic) bond motifs is 1. The fraction of sp³-hybridized carbons (Fsp3) is 0.550. The molecule has 0 spiro atoms. The normalized spacial score (nSPS) is 16.8. The van der Waals surface area contributed by atoms with Gasteiger partial charge in [0, 0.05) is 29.5 Å². The largest absolute Gasteiger partial charge is 0.755 e. The number of anilines is 2. The van der Waals surface area contributed by atoms with Crippen molar-refractivity contribution in [3.63, 3.8) is 0 Å². The Hall–Kier alpha value is -2.44. The van der Waals surface area contributed by atoms with E-state index < -0.39 is 17.2 Å². The second kappa shape index (κ2) is 11.4. The van der Waals surface area contributed by atoms with E-state index in [2.05, 4.69) is 43.9 Å². The van der Waals surface area contributed by atoms with Crippen molar-refractivity contribution in [3.8, 4) is 0 Å². The molecule has 2 heterocycles. The highest BCUT2D eigenvalue weighted by atomic mass is 32.2. The topological polar surface area (TPSA) is 132 Å². The average Bonchev–Trinajstić information content (AvgIpc) is 3.25. The SMILES string of the molecule is CCCCOC(=O)c1nnc(N=Nc2cc3c(cc2NS(=O)[O-])N(CC)C(CC)CC3)s1. The van der Waals surface area contributed by atoms with Gasteiger partial charge in [-0.1, -0.05) is 31.6 Å². The van der Waals surface area contributed by atoms with E-state index in [9.17, 15) is 13.6 Å². The van der Waals surface area contributed by atoms with Gasteiger partial charge in [0.15, 0.2) is 0 Å². The maximum atomic E-state index is 12.0. The van der Waals surface area contributed by atoms with Crippen LogP contribution in [0.4, 0.5) is 22.2 Å². The second-order valence-corrected chi connectivity index (χ2v) is 8.93. The standard InChI is InChI=1S/C20H28N6O4S2/c1-4-7-10-30-19(27)18-22-24-20(31-18)23-21-15-11-13-8-9-14(5-2)26(6-3)17(13)12-16(15)25-32(28)29/h11-12,14,25H,4-10H2,1-3H3,(H,28,29)/p-1. The molecule has 0 radical (unpaired) electrons. The third kappa shape index (κ3) is 5.87. The number of carbonyl (C=O) groups excluding carboxylic acids is 1. The monoisotopic (exact) mass is 479 g/mol. The molecule has 1 aliphatic heterocycles. The minimum atomic E-state index is -2.51. The van der Waals surface area contributed by atoms with E-state index in [1.807, 2.05) is 13.0 Å². The van der Waals surface area contributed by atoms with Gasteiger partial charge in [0.25, 0.3) is 5.13 Å². The van der Waals surface area contributed by atoms with Gasteiger partial charge in [-0.15, -0.1) is 20.4 Å². The van der Waals surface area contributed by atoms with Crippen molar-refractivity contribution in [3.05, 3.63) is 22.7 Å². The quantitative estimate of drug-likeness (QED) is 0.227. The Labute approximate surface area is 193 Å². The highest BCUT2D eigenvalue weighted by Crippen LogP contribution is 2.40. The van der Waals surface area contributed by atoms with Crippen LogP contribution in [0.2, 0.25) is 0 Å². The molecule has 1 aromatic heterocycles. The number of nitrogens with one attached hydrogen (secondary N) is 1. The smallest absolute Gasteiger partial charge is 0.369 e. The lowest BCUT2D eigenvalue weighted by Crippen LogP contribution is -2.38. The van der Waals surface area contributed by atoms with Crippen LogP contribution in [-0.4, -0.2) is 44.1 Å². The molecule has 0 bridgehead atoms. The molecule has 0 saturated carbocycles. The number of benzene rings is 1. The van der Waals surface area contributed by atoms with Gasteiger partial charge in [-0.05, 0) is 50.3 Å². The number of hydrogen-bond acceptors (Lipinski definition) is 10. The number of aromatic nitrogens is 2. The summed E-state index contributed by atoms with van der Waals surface area (Å²) < 4.78 is 30.2. The van der Waals surface area contributed by atoms with Gasteiger partial charge in [0.05, 0.1) is 12.3 Å². The fourth-order valence-corrected chi connectivity index (χ4v) is 4.58. The number of rotatable bonds is 10.